The van der Waals surface area contributed by atoms with E-state index in [1.54, 1.807) is 0 Å². The highest BCUT2D eigenvalue weighted by Crippen LogP contribution is 2.37. The van der Waals surface area contributed by atoms with Crippen molar-refractivity contribution in [3.05, 3.63) is 82.0 Å². The number of aromatic hydroxyl groups is 2. The molecule has 0 radical (unpaired) electrons. The molecular weight excluding hydrogens is 417 g/mol. The van der Waals surface area contributed by atoms with Gasteiger partial charge in [0, 0.05) is 22.9 Å². The summed E-state index contributed by atoms with van der Waals surface area (Å²) in [5.74, 6) is -3.97. The number of phenols is 2. The van der Waals surface area contributed by atoms with Crippen molar-refractivity contribution in [2.45, 2.75) is 6.18 Å². The van der Waals surface area contributed by atoms with Crippen LogP contribution in [-0.4, -0.2) is 32.7 Å². The third kappa shape index (κ3) is 3.37. The standard InChI is InChI=1S/C21H11F3N2O5/c22-21(23,24)10-4-5-25-15(8-10)26-20(31)9-6-12-17(14(28)7-9)19(30)16-11(18(12)29)2-1-3-13(16)27/h1-8,27-28H,(H,25,26,31). The number of fused-ring (bicyclic) bond motifs is 2. The van der Waals surface area contributed by atoms with Crippen LogP contribution in [0.4, 0.5) is 19.0 Å². The van der Waals surface area contributed by atoms with Crippen LogP contribution in [0.25, 0.3) is 0 Å². The number of benzene rings is 2. The average molecular weight is 428 g/mol. The van der Waals surface area contributed by atoms with Crippen molar-refractivity contribution in [1.29, 1.82) is 0 Å². The van der Waals surface area contributed by atoms with Gasteiger partial charge in [0.15, 0.2) is 5.78 Å². The molecule has 3 aromatic rings. The molecule has 0 bridgehead atoms. The number of pyridine rings is 1. The number of amides is 1. The molecule has 1 aromatic heterocycles. The Balaban J connectivity index is 1.72. The van der Waals surface area contributed by atoms with E-state index in [0.29, 0.717) is 6.07 Å². The molecule has 0 fully saturated rings. The Morgan fingerprint density at radius 2 is 1.61 bits per heavy atom. The summed E-state index contributed by atoms with van der Waals surface area (Å²) in [6, 6.07) is 7.20. The first-order valence-electron chi connectivity index (χ1n) is 8.71. The van der Waals surface area contributed by atoms with E-state index >= 15 is 0 Å². The summed E-state index contributed by atoms with van der Waals surface area (Å²) in [6.07, 6.45) is -3.77. The number of nitrogens with zero attached hydrogens (tertiary/aromatic N) is 1. The number of carbonyl (C=O) groups is 3. The first-order chi connectivity index (χ1) is 14.6. The summed E-state index contributed by atoms with van der Waals surface area (Å²) < 4.78 is 38.5. The largest absolute Gasteiger partial charge is 0.507 e. The molecule has 1 amide bonds. The number of anilines is 1. The minimum absolute atomic E-state index is 0.103. The summed E-state index contributed by atoms with van der Waals surface area (Å²) in [6.45, 7) is 0. The summed E-state index contributed by atoms with van der Waals surface area (Å²) in [5.41, 5.74) is -2.32. The molecule has 0 unspecified atom stereocenters. The summed E-state index contributed by atoms with van der Waals surface area (Å²) >= 11 is 0. The topological polar surface area (TPSA) is 117 Å². The number of hydrogen-bond acceptors (Lipinski definition) is 6. The van der Waals surface area contributed by atoms with E-state index in [1.807, 2.05) is 0 Å². The molecule has 156 valence electrons. The van der Waals surface area contributed by atoms with E-state index in [-0.39, 0.29) is 27.8 Å². The van der Waals surface area contributed by atoms with Crippen LogP contribution >= 0.6 is 0 Å². The third-order valence-electron chi connectivity index (χ3n) is 4.69. The normalized spacial score (nSPS) is 12.9. The predicted octanol–water partition coefficient (Wildman–Crippen LogP) is 3.54. The van der Waals surface area contributed by atoms with Gasteiger partial charge in [-0.2, -0.15) is 13.2 Å². The molecular formula is C21H11F3N2O5. The quantitative estimate of drug-likeness (QED) is 0.450. The number of hydrogen-bond donors (Lipinski definition) is 3. The van der Waals surface area contributed by atoms with Gasteiger partial charge in [0.05, 0.1) is 16.7 Å². The fraction of sp³-hybridized carbons (Fsp3) is 0.0476. The Morgan fingerprint density at radius 3 is 2.32 bits per heavy atom. The number of aromatic nitrogens is 1. The minimum Gasteiger partial charge on any atom is -0.507 e. The molecule has 31 heavy (non-hydrogen) atoms. The van der Waals surface area contributed by atoms with Crippen LogP contribution < -0.4 is 5.32 Å². The van der Waals surface area contributed by atoms with Crippen LogP contribution in [0.1, 0.15) is 47.8 Å². The van der Waals surface area contributed by atoms with Gasteiger partial charge in [-0.05, 0) is 30.3 Å². The van der Waals surface area contributed by atoms with Crippen LogP contribution in [0, 0.1) is 0 Å². The van der Waals surface area contributed by atoms with Crippen LogP contribution in [0.5, 0.6) is 11.5 Å². The Hall–Kier alpha value is -4.21. The first kappa shape index (κ1) is 20.1. The molecule has 1 aliphatic carbocycles. The number of carbonyl (C=O) groups excluding carboxylic acids is 3. The van der Waals surface area contributed by atoms with Gasteiger partial charge in [0.25, 0.3) is 5.91 Å². The molecule has 3 N–H and O–H groups in total. The number of halogens is 3. The lowest BCUT2D eigenvalue weighted by atomic mass is 9.82. The van der Waals surface area contributed by atoms with Gasteiger partial charge >= 0.3 is 6.18 Å². The van der Waals surface area contributed by atoms with Gasteiger partial charge in [-0.3, -0.25) is 14.4 Å². The van der Waals surface area contributed by atoms with Gasteiger partial charge in [-0.1, -0.05) is 12.1 Å². The van der Waals surface area contributed by atoms with Crippen LogP contribution in [0.15, 0.2) is 48.7 Å². The molecule has 0 atom stereocenters. The second-order valence-electron chi connectivity index (χ2n) is 6.66. The first-order valence-corrected chi connectivity index (χ1v) is 8.71. The zero-order valence-corrected chi connectivity index (χ0v) is 15.3. The maximum absolute atomic E-state index is 12.8. The second-order valence-corrected chi connectivity index (χ2v) is 6.66. The van der Waals surface area contributed by atoms with Gasteiger partial charge in [-0.15, -0.1) is 0 Å². The maximum Gasteiger partial charge on any atom is 0.416 e. The zero-order chi connectivity index (χ0) is 22.5. The van der Waals surface area contributed by atoms with Gasteiger partial charge in [0.1, 0.15) is 17.3 Å². The molecule has 1 aliphatic rings. The Morgan fingerprint density at radius 1 is 0.903 bits per heavy atom. The minimum atomic E-state index is -4.64. The second kappa shape index (κ2) is 6.94. The van der Waals surface area contributed by atoms with Gasteiger partial charge in [-0.25, -0.2) is 4.98 Å². The van der Waals surface area contributed by atoms with Crippen molar-refractivity contribution in [3.63, 3.8) is 0 Å². The number of ketones is 2. The molecule has 7 nitrogen and oxygen atoms in total. The molecule has 2 aromatic carbocycles. The highest BCUT2D eigenvalue weighted by Gasteiger charge is 2.35. The van der Waals surface area contributed by atoms with Crippen molar-refractivity contribution in [2.24, 2.45) is 0 Å². The predicted molar refractivity (Wildman–Crippen MR) is 100 cm³/mol. The smallest absolute Gasteiger partial charge is 0.416 e. The van der Waals surface area contributed by atoms with Crippen LogP contribution in [-0.2, 0) is 6.18 Å². The number of nitrogens with one attached hydrogen (secondary N) is 1. The van der Waals surface area contributed by atoms with Crippen molar-refractivity contribution in [1.82, 2.24) is 4.98 Å². The SMILES string of the molecule is O=C(Nc1cc(C(F)(F)F)ccn1)c1cc(O)c2c(c1)C(=O)c1cccc(O)c1C2=O. The van der Waals surface area contributed by atoms with E-state index in [9.17, 15) is 37.8 Å². The monoisotopic (exact) mass is 428 g/mol. The fourth-order valence-electron chi connectivity index (χ4n) is 3.28. The molecule has 0 aliphatic heterocycles. The lowest BCUT2D eigenvalue weighted by Crippen LogP contribution is -2.23. The summed E-state index contributed by atoms with van der Waals surface area (Å²) in [4.78, 5) is 41.7. The highest BCUT2D eigenvalue weighted by molar-refractivity contribution is 6.30. The van der Waals surface area contributed by atoms with Gasteiger partial charge in [0.2, 0.25) is 5.78 Å². The van der Waals surface area contributed by atoms with Crippen molar-refractivity contribution in [3.8, 4) is 11.5 Å². The number of rotatable bonds is 2. The Bertz CT molecular complexity index is 1280. The van der Waals surface area contributed by atoms with E-state index < -0.39 is 46.5 Å². The van der Waals surface area contributed by atoms with Crippen LogP contribution in [0.2, 0.25) is 0 Å². The lowest BCUT2D eigenvalue weighted by Gasteiger charge is -2.20. The summed E-state index contributed by atoms with van der Waals surface area (Å²) in [7, 11) is 0. The summed E-state index contributed by atoms with van der Waals surface area (Å²) in [5, 5.41) is 22.4. The van der Waals surface area contributed by atoms with E-state index in [4.69, 9.17) is 0 Å². The average Bonchev–Trinajstić information content (AvgIpc) is 2.71. The Kier molecular flexibility index (Phi) is 4.49. The van der Waals surface area contributed by atoms with Crippen LogP contribution in [0.3, 0.4) is 0 Å². The molecule has 0 saturated carbocycles. The van der Waals surface area contributed by atoms with E-state index in [2.05, 4.69) is 10.3 Å². The Labute approximate surface area is 171 Å². The van der Waals surface area contributed by atoms with Crippen molar-refractivity contribution < 1.29 is 37.8 Å². The van der Waals surface area contributed by atoms with Gasteiger partial charge < -0.3 is 15.5 Å². The maximum atomic E-state index is 12.8. The van der Waals surface area contributed by atoms with Crippen molar-refractivity contribution >= 4 is 23.3 Å². The number of alkyl halides is 3. The third-order valence-corrected chi connectivity index (χ3v) is 4.69. The molecule has 0 spiro atoms. The molecule has 4 rings (SSSR count). The molecule has 0 saturated heterocycles. The zero-order valence-electron chi connectivity index (χ0n) is 15.3. The van der Waals surface area contributed by atoms with E-state index in [0.717, 1.165) is 24.4 Å². The molecule has 10 heteroatoms. The van der Waals surface area contributed by atoms with E-state index in [1.165, 1.54) is 18.2 Å². The van der Waals surface area contributed by atoms with Crippen molar-refractivity contribution in [2.75, 3.05) is 5.32 Å². The lowest BCUT2D eigenvalue weighted by molar-refractivity contribution is -0.137. The highest BCUT2D eigenvalue weighted by atomic mass is 19.4. The molecule has 1 heterocycles. The fourth-order valence-corrected chi connectivity index (χ4v) is 3.28. The number of phenolic OH excluding ortho intramolecular Hbond substituents is 2.